The highest BCUT2D eigenvalue weighted by Gasteiger charge is 2.19. The van der Waals surface area contributed by atoms with Crippen molar-refractivity contribution in [2.24, 2.45) is 0 Å². The molecule has 24 heavy (non-hydrogen) atoms. The van der Waals surface area contributed by atoms with Crippen molar-refractivity contribution in [1.29, 1.82) is 0 Å². The maximum absolute atomic E-state index is 12.5. The molecule has 1 amide bonds. The van der Waals surface area contributed by atoms with Crippen LogP contribution in [0.3, 0.4) is 0 Å². The van der Waals surface area contributed by atoms with Gasteiger partial charge >= 0.3 is 0 Å². The van der Waals surface area contributed by atoms with E-state index in [1.54, 1.807) is 7.05 Å². The highest BCUT2D eigenvalue weighted by molar-refractivity contribution is 6.33. The molecular formula is C17H17ClN2O4. The van der Waals surface area contributed by atoms with Crippen LogP contribution in [-0.4, -0.2) is 29.4 Å². The van der Waals surface area contributed by atoms with Crippen LogP contribution in [0.1, 0.15) is 22.8 Å². The fourth-order valence-corrected chi connectivity index (χ4v) is 2.40. The van der Waals surface area contributed by atoms with Crippen molar-refractivity contribution in [3.63, 3.8) is 0 Å². The Balaban J connectivity index is 2.14. The lowest BCUT2D eigenvalue weighted by molar-refractivity contribution is -0.384. The van der Waals surface area contributed by atoms with E-state index in [0.29, 0.717) is 13.2 Å². The molecule has 0 fully saturated rings. The molecule has 0 saturated carbocycles. The maximum Gasteiger partial charge on any atom is 0.270 e. The number of nitro groups is 1. The number of hydrogen-bond acceptors (Lipinski definition) is 4. The second-order valence-electron chi connectivity index (χ2n) is 5.16. The molecule has 0 heterocycles. The van der Waals surface area contributed by atoms with Gasteiger partial charge in [0, 0.05) is 25.7 Å². The highest BCUT2D eigenvalue weighted by atomic mass is 35.5. The number of rotatable bonds is 6. The molecule has 7 heteroatoms. The Morgan fingerprint density at radius 1 is 1.25 bits per heavy atom. The minimum absolute atomic E-state index is 0.110. The van der Waals surface area contributed by atoms with E-state index in [1.807, 2.05) is 31.2 Å². The third kappa shape index (κ3) is 4.23. The molecule has 2 aromatic carbocycles. The van der Waals surface area contributed by atoms with Crippen molar-refractivity contribution in [1.82, 2.24) is 4.90 Å². The van der Waals surface area contributed by atoms with Crippen LogP contribution in [0.5, 0.6) is 5.75 Å². The zero-order chi connectivity index (χ0) is 17.7. The summed E-state index contributed by atoms with van der Waals surface area (Å²) in [6.45, 7) is 2.84. The Bertz CT molecular complexity index is 747. The Morgan fingerprint density at radius 3 is 2.50 bits per heavy atom. The molecule has 0 aliphatic rings. The summed E-state index contributed by atoms with van der Waals surface area (Å²) in [5, 5.41) is 11.0. The summed E-state index contributed by atoms with van der Waals surface area (Å²) < 4.78 is 5.37. The lowest BCUT2D eigenvalue weighted by Crippen LogP contribution is -2.26. The molecule has 2 rings (SSSR count). The van der Waals surface area contributed by atoms with E-state index in [1.165, 1.54) is 23.1 Å². The predicted molar refractivity (Wildman–Crippen MR) is 91.5 cm³/mol. The summed E-state index contributed by atoms with van der Waals surface area (Å²) in [7, 11) is 1.62. The Kier molecular flexibility index (Phi) is 5.76. The average Bonchev–Trinajstić information content (AvgIpc) is 2.56. The minimum Gasteiger partial charge on any atom is -0.494 e. The van der Waals surface area contributed by atoms with Crippen LogP contribution < -0.4 is 4.74 Å². The molecule has 0 spiro atoms. The van der Waals surface area contributed by atoms with E-state index in [-0.39, 0.29) is 22.2 Å². The van der Waals surface area contributed by atoms with Gasteiger partial charge < -0.3 is 9.64 Å². The fourth-order valence-electron chi connectivity index (χ4n) is 2.20. The average molecular weight is 349 g/mol. The summed E-state index contributed by atoms with van der Waals surface area (Å²) in [6.07, 6.45) is 0. The van der Waals surface area contributed by atoms with Crippen LogP contribution in [0.2, 0.25) is 5.02 Å². The second kappa shape index (κ2) is 7.79. The lowest BCUT2D eigenvalue weighted by atomic mass is 10.1. The number of carbonyl (C=O) groups excluding carboxylic acids is 1. The van der Waals surface area contributed by atoms with Gasteiger partial charge in [-0.3, -0.25) is 14.9 Å². The SMILES string of the molecule is CCOc1ccc(CN(C)C(=O)c2cc([N+](=O)[O-])ccc2Cl)cc1. The molecule has 0 unspecified atom stereocenters. The summed E-state index contributed by atoms with van der Waals surface area (Å²) in [4.78, 5) is 24.3. The summed E-state index contributed by atoms with van der Waals surface area (Å²) >= 11 is 6.01. The number of ether oxygens (including phenoxy) is 1. The molecule has 126 valence electrons. The first kappa shape index (κ1) is 17.7. The zero-order valence-corrected chi connectivity index (χ0v) is 14.1. The molecule has 0 aromatic heterocycles. The largest absolute Gasteiger partial charge is 0.494 e. The van der Waals surface area contributed by atoms with Gasteiger partial charge in [0.1, 0.15) is 5.75 Å². The maximum atomic E-state index is 12.5. The van der Waals surface area contributed by atoms with E-state index < -0.39 is 4.92 Å². The van der Waals surface area contributed by atoms with E-state index in [4.69, 9.17) is 16.3 Å². The molecule has 0 atom stereocenters. The van der Waals surface area contributed by atoms with Crippen molar-refractivity contribution in [3.8, 4) is 5.75 Å². The molecule has 0 aliphatic heterocycles. The van der Waals surface area contributed by atoms with Crippen LogP contribution in [0.4, 0.5) is 5.69 Å². The van der Waals surface area contributed by atoms with Crippen molar-refractivity contribution >= 4 is 23.2 Å². The van der Waals surface area contributed by atoms with Gasteiger partial charge in [-0.05, 0) is 30.7 Å². The van der Waals surface area contributed by atoms with Crippen molar-refractivity contribution < 1.29 is 14.5 Å². The first-order valence-corrected chi connectivity index (χ1v) is 7.71. The van der Waals surface area contributed by atoms with Crippen molar-refractivity contribution in [2.75, 3.05) is 13.7 Å². The van der Waals surface area contributed by atoms with Gasteiger partial charge in [0.25, 0.3) is 11.6 Å². The third-order valence-electron chi connectivity index (χ3n) is 3.39. The van der Waals surface area contributed by atoms with Gasteiger partial charge in [-0.2, -0.15) is 0 Å². The summed E-state index contributed by atoms with van der Waals surface area (Å²) in [5.41, 5.74) is 0.854. The van der Waals surface area contributed by atoms with Gasteiger partial charge in [-0.1, -0.05) is 23.7 Å². The van der Waals surface area contributed by atoms with E-state index in [0.717, 1.165) is 11.3 Å². The predicted octanol–water partition coefficient (Wildman–Crippen LogP) is 3.92. The monoisotopic (exact) mass is 348 g/mol. The summed E-state index contributed by atoms with van der Waals surface area (Å²) in [5.74, 6) is 0.384. The number of amides is 1. The minimum atomic E-state index is -0.556. The van der Waals surface area contributed by atoms with E-state index in [2.05, 4.69) is 0 Å². The van der Waals surface area contributed by atoms with Crippen LogP contribution in [0.15, 0.2) is 42.5 Å². The topological polar surface area (TPSA) is 72.7 Å². The van der Waals surface area contributed by atoms with Crippen LogP contribution in [0, 0.1) is 10.1 Å². The number of hydrogen-bond donors (Lipinski definition) is 0. The number of non-ortho nitro benzene ring substituents is 1. The normalized spacial score (nSPS) is 10.3. The number of halogens is 1. The molecular weight excluding hydrogens is 332 g/mol. The molecule has 0 saturated heterocycles. The molecule has 2 aromatic rings. The summed E-state index contributed by atoms with van der Waals surface area (Å²) in [6, 6.07) is 11.2. The van der Waals surface area contributed by atoms with Gasteiger partial charge in [0.2, 0.25) is 0 Å². The molecule has 6 nitrogen and oxygen atoms in total. The smallest absolute Gasteiger partial charge is 0.270 e. The quantitative estimate of drug-likeness (QED) is 0.586. The third-order valence-corrected chi connectivity index (χ3v) is 3.72. The standard InChI is InChI=1S/C17H17ClN2O4/c1-3-24-14-7-4-12(5-8-14)11-19(2)17(21)15-10-13(20(22)23)6-9-16(15)18/h4-10H,3,11H2,1-2H3. The Hall–Kier alpha value is -2.60. The highest BCUT2D eigenvalue weighted by Crippen LogP contribution is 2.24. The first-order chi connectivity index (χ1) is 11.4. The van der Waals surface area contributed by atoms with Gasteiger partial charge in [-0.25, -0.2) is 0 Å². The van der Waals surface area contributed by atoms with Crippen molar-refractivity contribution in [2.45, 2.75) is 13.5 Å². The first-order valence-electron chi connectivity index (χ1n) is 7.33. The van der Waals surface area contributed by atoms with Crippen molar-refractivity contribution in [3.05, 3.63) is 68.7 Å². The number of benzene rings is 2. The second-order valence-corrected chi connectivity index (χ2v) is 5.57. The Morgan fingerprint density at radius 2 is 1.92 bits per heavy atom. The zero-order valence-electron chi connectivity index (χ0n) is 13.4. The molecule has 0 N–H and O–H groups in total. The number of carbonyl (C=O) groups is 1. The molecule has 0 radical (unpaired) electrons. The van der Waals surface area contributed by atoms with Gasteiger partial charge in [-0.15, -0.1) is 0 Å². The molecule has 0 bridgehead atoms. The number of nitro benzene ring substituents is 1. The van der Waals surface area contributed by atoms with Gasteiger partial charge in [0.15, 0.2) is 0 Å². The fraction of sp³-hybridized carbons (Fsp3) is 0.235. The van der Waals surface area contributed by atoms with Gasteiger partial charge in [0.05, 0.1) is 22.1 Å². The van der Waals surface area contributed by atoms with Crippen LogP contribution >= 0.6 is 11.6 Å². The van der Waals surface area contributed by atoms with Crippen LogP contribution in [0.25, 0.3) is 0 Å². The van der Waals surface area contributed by atoms with Crippen LogP contribution in [-0.2, 0) is 6.54 Å². The Labute approximate surface area is 144 Å². The number of nitrogens with zero attached hydrogens (tertiary/aromatic N) is 2. The lowest BCUT2D eigenvalue weighted by Gasteiger charge is -2.18. The molecule has 0 aliphatic carbocycles. The van der Waals surface area contributed by atoms with E-state index in [9.17, 15) is 14.9 Å². The van der Waals surface area contributed by atoms with E-state index >= 15 is 0 Å².